The minimum Gasteiger partial charge on any atom is -0.304 e. The van der Waals surface area contributed by atoms with Gasteiger partial charge in [0.15, 0.2) is 11.2 Å². The third kappa shape index (κ3) is 3.43. The highest BCUT2D eigenvalue weighted by molar-refractivity contribution is 6.29. The average molecular weight is 430 g/mol. The van der Waals surface area contributed by atoms with Crippen LogP contribution in [0.15, 0.2) is 33.9 Å². The van der Waals surface area contributed by atoms with Gasteiger partial charge in [0.1, 0.15) is 0 Å². The predicted molar refractivity (Wildman–Crippen MR) is 111 cm³/mol. The summed E-state index contributed by atoms with van der Waals surface area (Å²) in [4.78, 5) is 41.1. The smallest absolute Gasteiger partial charge is 0.304 e. The van der Waals surface area contributed by atoms with Crippen molar-refractivity contribution in [2.24, 2.45) is 11.8 Å². The molecule has 0 N–H and O–H groups in total. The highest BCUT2D eigenvalue weighted by Crippen LogP contribution is 2.32. The summed E-state index contributed by atoms with van der Waals surface area (Å²) in [6.45, 7) is 1.18. The van der Waals surface area contributed by atoms with Crippen LogP contribution in [0.5, 0.6) is 0 Å². The lowest BCUT2D eigenvalue weighted by Gasteiger charge is -2.12. The normalized spacial score (nSPS) is 16.3. The number of non-ortho nitro benzene ring substituents is 1. The molecule has 0 aliphatic heterocycles. The Balaban J connectivity index is 1.64. The number of nitrogens with zero attached hydrogens (tertiary/aromatic N) is 5. The van der Waals surface area contributed by atoms with Gasteiger partial charge in [0.2, 0.25) is 5.28 Å². The largest absolute Gasteiger partial charge is 0.332 e. The molecular formula is C20H20ClN5O4. The summed E-state index contributed by atoms with van der Waals surface area (Å²) < 4.78 is 4.51. The second-order valence-corrected chi connectivity index (χ2v) is 8.60. The number of hydrogen-bond donors (Lipinski definition) is 0. The van der Waals surface area contributed by atoms with Crippen molar-refractivity contribution in [3.63, 3.8) is 0 Å². The Labute approximate surface area is 175 Å². The summed E-state index contributed by atoms with van der Waals surface area (Å²) in [5.74, 6) is 0.792. The number of halogens is 1. The van der Waals surface area contributed by atoms with E-state index in [0.29, 0.717) is 36.1 Å². The van der Waals surface area contributed by atoms with Crippen molar-refractivity contribution in [2.75, 3.05) is 0 Å². The molecule has 2 fully saturated rings. The number of aromatic nitrogens is 4. The third-order valence-electron chi connectivity index (χ3n) is 5.83. The molecule has 2 heterocycles. The van der Waals surface area contributed by atoms with Gasteiger partial charge in [-0.05, 0) is 54.7 Å². The highest BCUT2D eigenvalue weighted by Gasteiger charge is 2.29. The Bertz CT molecular complexity index is 1270. The zero-order valence-corrected chi connectivity index (χ0v) is 16.9. The molecule has 0 atom stereocenters. The molecule has 5 rings (SSSR count). The molecule has 0 unspecified atom stereocenters. The second kappa shape index (κ2) is 7.09. The monoisotopic (exact) mass is 429 g/mol. The first-order valence-corrected chi connectivity index (χ1v) is 10.4. The molecule has 0 bridgehead atoms. The van der Waals surface area contributed by atoms with Crippen LogP contribution in [0, 0.1) is 22.0 Å². The average Bonchev–Trinajstić information content (AvgIpc) is 3.64. The zero-order chi connectivity index (χ0) is 21.0. The van der Waals surface area contributed by atoms with E-state index in [1.165, 1.54) is 16.7 Å². The van der Waals surface area contributed by atoms with Crippen molar-refractivity contribution >= 4 is 28.5 Å². The van der Waals surface area contributed by atoms with E-state index in [1.807, 2.05) is 0 Å². The maximum atomic E-state index is 13.3. The van der Waals surface area contributed by atoms with Gasteiger partial charge in [-0.15, -0.1) is 0 Å². The van der Waals surface area contributed by atoms with Crippen molar-refractivity contribution in [1.29, 1.82) is 0 Å². The van der Waals surface area contributed by atoms with Gasteiger partial charge in [0.05, 0.1) is 11.5 Å². The Morgan fingerprint density at radius 1 is 1.00 bits per heavy atom. The summed E-state index contributed by atoms with van der Waals surface area (Å²) in [7, 11) is 0. The Morgan fingerprint density at radius 3 is 2.17 bits per heavy atom. The van der Waals surface area contributed by atoms with E-state index in [9.17, 15) is 19.7 Å². The molecule has 2 saturated carbocycles. The summed E-state index contributed by atoms with van der Waals surface area (Å²) in [5.41, 5.74) is 0.661. The summed E-state index contributed by atoms with van der Waals surface area (Å²) in [6, 6.07) is 6.08. The molecule has 156 valence electrons. The van der Waals surface area contributed by atoms with E-state index >= 15 is 0 Å². The standard InChI is InChI=1S/C20H20ClN5O4/c21-19-22-17-16(23(19)9-14-5-7-15(8-6-14)26(29)30)18(27)25(11-13-3-4-13)20(28)24(17)10-12-1-2-12/h5-8,12-13H,1-4,9-11H2. The maximum absolute atomic E-state index is 13.3. The van der Waals surface area contributed by atoms with Crippen molar-refractivity contribution in [1.82, 2.24) is 18.7 Å². The molecular weight excluding hydrogens is 410 g/mol. The van der Waals surface area contributed by atoms with Crippen LogP contribution in [-0.4, -0.2) is 23.6 Å². The first-order valence-electron chi connectivity index (χ1n) is 10.0. The van der Waals surface area contributed by atoms with Crippen LogP contribution >= 0.6 is 11.6 Å². The Morgan fingerprint density at radius 2 is 1.60 bits per heavy atom. The van der Waals surface area contributed by atoms with E-state index in [1.54, 1.807) is 21.3 Å². The number of fused-ring (bicyclic) bond motifs is 1. The fourth-order valence-corrected chi connectivity index (χ4v) is 3.98. The number of hydrogen-bond acceptors (Lipinski definition) is 5. The third-order valence-corrected chi connectivity index (χ3v) is 6.12. The van der Waals surface area contributed by atoms with Gasteiger partial charge in [-0.2, -0.15) is 4.98 Å². The number of nitro groups is 1. The van der Waals surface area contributed by atoms with E-state index in [2.05, 4.69) is 4.98 Å². The van der Waals surface area contributed by atoms with Crippen LogP contribution in [0.25, 0.3) is 11.2 Å². The van der Waals surface area contributed by atoms with E-state index in [0.717, 1.165) is 31.2 Å². The molecule has 30 heavy (non-hydrogen) atoms. The van der Waals surface area contributed by atoms with Gasteiger partial charge in [0, 0.05) is 25.2 Å². The zero-order valence-electron chi connectivity index (χ0n) is 16.2. The number of benzene rings is 1. The Hall–Kier alpha value is -2.94. The second-order valence-electron chi connectivity index (χ2n) is 8.26. The molecule has 0 spiro atoms. The predicted octanol–water partition coefficient (Wildman–Crippen LogP) is 2.79. The number of rotatable bonds is 7. The fourth-order valence-electron chi connectivity index (χ4n) is 3.76. The number of imidazole rings is 1. The first-order chi connectivity index (χ1) is 14.4. The lowest BCUT2D eigenvalue weighted by atomic mass is 10.2. The Kier molecular flexibility index (Phi) is 4.50. The fraction of sp³-hybridized carbons (Fsp3) is 0.450. The molecule has 10 heteroatoms. The van der Waals surface area contributed by atoms with Crippen LogP contribution in [0.4, 0.5) is 5.69 Å². The molecule has 2 aliphatic rings. The summed E-state index contributed by atoms with van der Waals surface area (Å²) in [6.07, 6.45) is 4.17. The van der Waals surface area contributed by atoms with Crippen LogP contribution in [0.3, 0.4) is 0 Å². The van der Waals surface area contributed by atoms with E-state index in [4.69, 9.17) is 11.6 Å². The topological polar surface area (TPSA) is 105 Å². The maximum Gasteiger partial charge on any atom is 0.332 e. The molecule has 0 saturated heterocycles. The van der Waals surface area contributed by atoms with Crippen molar-refractivity contribution < 1.29 is 4.92 Å². The minimum atomic E-state index is -0.462. The van der Waals surface area contributed by atoms with Crippen molar-refractivity contribution in [3.05, 3.63) is 66.1 Å². The molecule has 0 radical (unpaired) electrons. The quantitative estimate of drug-likeness (QED) is 0.326. The van der Waals surface area contributed by atoms with E-state index in [-0.39, 0.29) is 28.8 Å². The van der Waals surface area contributed by atoms with Crippen LogP contribution in [0.1, 0.15) is 31.2 Å². The molecule has 0 amide bonds. The van der Waals surface area contributed by atoms with Gasteiger partial charge in [-0.3, -0.25) is 24.0 Å². The van der Waals surface area contributed by atoms with Gasteiger partial charge in [-0.25, -0.2) is 4.79 Å². The lowest BCUT2D eigenvalue weighted by Crippen LogP contribution is -2.41. The van der Waals surface area contributed by atoms with Gasteiger partial charge < -0.3 is 4.57 Å². The minimum absolute atomic E-state index is 0.00889. The lowest BCUT2D eigenvalue weighted by molar-refractivity contribution is -0.384. The van der Waals surface area contributed by atoms with Crippen molar-refractivity contribution in [2.45, 2.75) is 45.3 Å². The van der Waals surface area contributed by atoms with Gasteiger partial charge in [-0.1, -0.05) is 12.1 Å². The first kappa shape index (κ1) is 19.0. The highest BCUT2D eigenvalue weighted by atomic mass is 35.5. The number of nitro benzene ring substituents is 1. The summed E-state index contributed by atoms with van der Waals surface area (Å²) >= 11 is 6.40. The molecule has 2 aromatic heterocycles. The SMILES string of the molecule is O=c1c2c(nc(Cl)n2Cc2ccc([N+](=O)[O-])cc2)n(CC2CC2)c(=O)n1CC1CC1. The molecule has 9 nitrogen and oxygen atoms in total. The van der Waals surface area contributed by atoms with Gasteiger partial charge >= 0.3 is 5.69 Å². The van der Waals surface area contributed by atoms with Gasteiger partial charge in [0.25, 0.3) is 11.2 Å². The molecule has 2 aliphatic carbocycles. The van der Waals surface area contributed by atoms with Crippen LogP contribution in [-0.2, 0) is 19.6 Å². The molecule has 1 aromatic carbocycles. The van der Waals surface area contributed by atoms with Crippen molar-refractivity contribution in [3.8, 4) is 0 Å². The molecule has 3 aromatic rings. The summed E-state index contributed by atoms with van der Waals surface area (Å²) in [5, 5.41) is 11.0. The van der Waals surface area contributed by atoms with Crippen LogP contribution in [0.2, 0.25) is 5.28 Å². The van der Waals surface area contributed by atoms with Crippen LogP contribution < -0.4 is 11.2 Å². The van der Waals surface area contributed by atoms with E-state index < -0.39 is 4.92 Å².